The first kappa shape index (κ1) is 12.5. The van der Waals surface area contributed by atoms with E-state index in [1.807, 2.05) is 12.1 Å². The van der Waals surface area contributed by atoms with Gasteiger partial charge in [0, 0.05) is 17.3 Å². The van der Waals surface area contributed by atoms with Gasteiger partial charge in [0.05, 0.1) is 7.11 Å². The summed E-state index contributed by atoms with van der Waals surface area (Å²) >= 11 is 5.56. The second kappa shape index (κ2) is 5.61. The highest BCUT2D eigenvalue weighted by Crippen LogP contribution is 2.19. The highest BCUT2D eigenvalue weighted by Gasteiger charge is 2.24. The number of hydrogen-bond donors (Lipinski definition) is 0. The molecule has 0 aliphatic carbocycles. The molecule has 0 unspecified atom stereocenters. The fourth-order valence-electron chi connectivity index (χ4n) is 2.38. The van der Waals surface area contributed by atoms with E-state index in [1.165, 1.54) is 24.9 Å². The summed E-state index contributed by atoms with van der Waals surface area (Å²) in [4.78, 5) is 3.53. The van der Waals surface area contributed by atoms with Gasteiger partial charge in [-0.15, -0.1) is 0 Å². The van der Waals surface area contributed by atoms with Crippen LogP contribution < -0.4 is 4.74 Å². The van der Waals surface area contributed by atoms with Gasteiger partial charge in [-0.05, 0) is 44.1 Å². The lowest BCUT2D eigenvalue weighted by molar-refractivity contribution is 0.373. The first-order chi connectivity index (χ1) is 8.20. The van der Waals surface area contributed by atoms with Crippen molar-refractivity contribution in [3.8, 4) is 5.75 Å². The van der Waals surface area contributed by atoms with E-state index in [-0.39, 0.29) is 0 Å². The van der Waals surface area contributed by atoms with E-state index in [1.54, 1.807) is 7.11 Å². The molecule has 1 saturated heterocycles. The molecule has 1 aromatic rings. The minimum Gasteiger partial charge on any atom is -0.497 e. The van der Waals surface area contributed by atoms with Crippen LogP contribution in [-0.2, 0) is 6.42 Å². The number of methoxy groups -OCH3 is 1. The molecule has 2 rings (SSSR count). The Balaban J connectivity index is 1.97. The van der Waals surface area contributed by atoms with Crippen molar-refractivity contribution in [2.75, 3.05) is 20.7 Å². The molecule has 1 aliphatic heterocycles. The fraction of sp³-hybridized carbons (Fsp3) is 0.500. The lowest BCUT2D eigenvalue weighted by Crippen LogP contribution is -2.32. The zero-order valence-electron chi connectivity index (χ0n) is 10.5. The molecule has 0 aromatic heterocycles. The molecule has 0 saturated carbocycles. The SMILES string of the molecule is COc1ccc(CC(=S)[C@@H]2CCCN2C)cc1. The summed E-state index contributed by atoms with van der Waals surface area (Å²) in [7, 11) is 3.85. The lowest BCUT2D eigenvalue weighted by atomic mass is 10.0. The van der Waals surface area contributed by atoms with Gasteiger partial charge in [-0.2, -0.15) is 0 Å². The smallest absolute Gasteiger partial charge is 0.118 e. The van der Waals surface area contributed by atoms with Crippen molar-refractivity contribution in [2.45, 2.75) is 25.3 Å². The maximum atomic E-state index is 5.56. The first-order valence-electron chi connectivity index (χ1n) is 6.06. The molecule has 0 bridgehead atoms. The van der Waals surface area contributed by atoms with Crippen LogP contribution in [0.1, 0.15) is 18.4 Å². The molecule has 92 valence electrons. The van der Waals surface area contributed by atoms with E-state index in [2.05, 4.69) is 24.1 Å². The van der Waals surface area contributed by atoms with Crippen molar-refractivity contribution in [3.05, 3.63) is 29.8 Å². The number of likely N-dealkylation sites (tertiary alicyclic amines) is 1. The molecular formula is C14H19NOS. The van der Waals surface area contributed by atoms with Crippen molar-refractivity contribution >= 4 is 17.1 Å². The predicted molar refractivity (Wildman–Crippen MR) is 74.9 cm³/mol. The number of rotatable bonds is 4. The van der Waals surface area contributed by atoms with Gasteiger partial charge in [0.1, 0.15) is 5.75 Å². The average Bonchev–Trinajstić information content (AvgIpc) is 2.76. The third-order valence-electron chi connectivity index (χ3n) is 3.43. The van der Waals surface area contributed by atoms with Crippen LogP contribution in [0, 0.1) is 0 Å². The summed E-state index contributed by atoms with van der Waals surface area (Å²) in [5.41, 5.74) is 1.27. The van der Waals surface area contributed by atoms with Crippen LogP contribution in [0.25, 0.3) is 0 Å². The molecule has 0 N–H and O–H groups in total. The van der Waals surface area contributed by atoms with E-state index >= 15 is 0 Å². The van der Waals surface area contributed by atoms with E-state index in [0.717, 1.165) is 17.0 Å². The normalized spacial score (nSPS) is 20.5. The largest absolute Gasteiger partial charge is 0.497 e. The molecule has 1 aliphatic rings. The van der Waals surface area contributed by atoms with Gasteiger partial charge < -0.3 is 4.74 Å². The molecule has 1 heterocycles. The van der Waals surface area contributed by atoms with Crippen LogP contribution in [0.4, 0.5) is 0 Å². The van der Waals surface area contributed by atoms with E-state index in [4.69, 9.17) is 17.0 Å². The Morgan fingerprint density at radius 3 is 2.65 bits per heavy atom. The van der Waals surface area contributed by atoms with E-state index in [0.29, 0.717) is 6.04 Å². The van der Waals surface area contributed by atoms with E-state index in [9.17, 15) is 0 Å². The number of ether oxygens (including phenoxy) is 1. The van der Waals surface area contributed by atoms with Gasteiger partial charge in [-0.3, -0.25) is 4.90 Å². The summed E-state index contributed by atoms with van der Waals surface area (Å²) in [5.74, 6) is 0.901. The number of thiocarbonyl (C=S) groups is 1. The Bertz CT molecular complexity index is 388. The van der Waals surface area contributed by atoms with Crippen LogP contribution in [0.15, 0.2) is 24.3 Å². The van der Waals surface area contributed by atoms with Crippen LogP contribution in [-0.4, -0.2) is 36.5 Å². The van der Waals surface area contributed by atoms with Gasteiger partial charge in [-0.1, -0.05) is 24.4 Å². The molecule has 0 radical (unpaired) electrons. The third kappa shape index (κ3) is 3.05. The Morgan fingerprint density at radius 1 is 1.41 bits per heavy atom. The number of benzene rings is 1. The summed E-state index contributed by atoms with van der Waals surface area (Å²) in [6.07, 6.45) is 3.38. The van der Waals surface area contributed by atoms with Gasteiger partial charge in [0.2, 0.25) is 0 Å². The van der Waals surface area contributed by atoms with Crippen molar-refractivity contribution in [2.24, 2.45) is 0 Å². The van der Waals surface area contributed by atoms with Crippen molar-refractivity contribution in [1.82, 2.24) is 4.90 Å². The zero-order chi connectivity index (χ0) is 12.3. The second-order valence-electron chi connectivity index (χ2n) is 4.63. The van der Waals surface area contributed by atoms with Crippen LogP contribution in [0.5, 0.6) is 5.75 Å². The Hall–Kier alpha value is -0.930. The molecule has 1 atom stereocenters. The average molecular weight is 249 g/mol. The molecule has 3 heteroatoms. The molecular weight excluding hydrogens is 230 g/mol. The lowest BCUT2D eigenvalue weighted by Gasteiger charge is -2.20. The number of nitrogens with zero attached hydrogens (tertiary/aromatic N) is 1. The Morgan fingerprint density at radius 2 is 2.12 bits per heavy atom. The van der Waals surface area contributed by atoms with Crippen molar-refractivity contribution in [3.63, 3.8) is 0 Å². The Labute approximate surface area is 109 Å². The van der Waals surface area contributed by atoms with Gasteiger partial charge in [0.25, 0.3) is 0 Å². The highest BCUT2D eigenvalue weighted by molar-refractivity contribution is 7.80. The number of hydrogen-bond acceptors (Lipinski definition) is 3. The standard InChI is InChI=1S/C14H19NOS/c1-15-9-3-4-13(15)14(17)10-11-5-7-12(16-2)8-6-11/h5-8,13H,3-4,9-10H2,1-2H3/t13-/m0/s1. The van der Waals surface area contributed by atoms with Gasteiger partial charge in [-0.25, -0.2) is 0 Å². The maximum absolute atomic E-state index is 5.56. The van der Waals surface area contributed by atoms with Crippen molar-refractivity contribution < 1.29 is 4.74 Å². The molecule has 0 amide bonds. The van der Waals surface area contributed by atoms with Crippen LogP contribution in [0.3, 0.4) is 0 Å². The zero-order valence-corrected chi connectivity index (χ0v) is 11.3. The second-order valence-corrected chi connectivity index (χ2v) is 5.15. The molecule has 2 nitrogen and oxygen atoms in total. The summed E-state index contributed by atoms with van der Waals surface area (Å²) < 4.78 is 5.15. The highest BCUT2D eigenvalue weighted by atomic mass is 32.1. The van der Waals surface area contributed by atoms with Gasteiger partial charge >= 0.3 is 0 Å². The summed E-state index contributed by atoms with van der Waals surface area (Å²) in [6, 6.07) is 8.68. The fourth-order valence-corrected chi connectivity index (χ4v) is 2.84. The third-order valence-corrected chi connectivity index (χ3v) is 3.85. The molecule has 17 heavy (non-hydrogen) atoms. The molecule has 0 spiro atoms. The van der Waals surface area contributed by atoms with Crippen molar-refractivity contribution in [1.29, 1.82) is 0 Å². The Kier molecular flexibility index (Phi) is 4.13. The maximum Gasteiger partial charge on any atom is 0.118 e. The molecule has 1 aromatic carbocycles. The van der Waals surface area contributed by atoms with Gasteiger partial charge in [0.15, 0.2) is 0 Å². The van der Waals surface area contributed by atoms with Crippen LogP contribution in [0.2, 0.25) is 0 Å². The minimum atomic E-state index is 0.493. The first-order valence-corrected chi connectivity index (χ1v) is 6.47. The molecule has 1 fully saturated rings. The predicted octanol–water partition coefficient (Wildman–Crippen LogP) is 2.70. The quantitative estimate of drug-likeness (QED) is 0.761. The summed E-state index contributed by atoms with van der Waals surface area (Å²) in [5, 5.41) is 0. The van der Waals surface area contributed by atoms with Crippen LogP contribution >= 0.6 is 12.2 Å². The topological polar surface area (TPSA) is 12.5 Å². The summed E-state index contributed by atoms with van der Waals surface area (Å²) in [6.45, 7) is 1.17. The van der Waals surface area contributed by atoms with E-state index < -0.39 is 0 Å². The minimum absolute atomic E-state index is 0.493. The monoisotopic (exact) mass is 249 g/mol.